The van der Waals surface area contributed by atoms with Crippen molar-refractivity contribution in [3.63, 3.8) is 0 Å². The zero-order chi connectivity index (χ0) is 18.8. The van der Waals surface area contributed by atoms with Gasteiger partial charge in [-0.3, -0.25) is 4.99 Å². The Labute approximate surface area is 180 Å². The topological polar surface area (TPSA) is 83.7 Å². The Morgan fingerprint density at radius 3 is 2.81 bits per heavy atom. The van der Waals surface area contributed by atoms with Gasteiger partial charge in [-0.25, -0.2) is 8.42 Å². The molecule has 1 aliphatic heterocycles. The van der Waals surface area contributed by atoms with Crippen molar-refractivity contribution in [2.24, 2.45) is 10.9 Å². The molecule has 2 heterocycles. The van der Waals surface area contributed by atoms with Gasteiger partial charge >= 0.3 is 0 Å². The van der Waals surface area contributed by atoms with Gasteiger partial charge in [0.2, 0.25) is 0 Å². The third-order valence-electron chi connectivity index (χ3n) is 4.87. The first-order chi connectivity index (χ1) is 12.5. The fraction of sp³-hybridized carbons (Fsp3) is 0.737. The zero-order valence-corrected chi connectivity index (χ0v) is 19.6. The van der Waals surface area contributed by atoms with E-state index in [9.17, 15) is 8.42 Å². The second kappa shape index (κ2) is 12.6. The van der Waals surface area contributed by atoms with Crippen molar-refractivity contribution in [2.45, 2.75) is 58.4 Å². The molecule has 0 aliphatic carbocycles. The van der Waals surface area contributed by atoms with E-state index in [1.807, 2.05) is 12.1 Å². The number of aliphatic imine (C=N–C) groups is 1. The number of hydrogen-bond acceptors (Lipinski definition) is 4. The van der Waals surface area contributed by atoms with Crippen molar-refractivity contribution >= 4 is 39.8 Å². The lowest BCUT2D eigenvalue weighted by Gasteiger charge is -2.18. The first kappa shape index (κ1) is 24.3. The minimum atomic E-state index is -2.91. The summed E-state index contributed by atoms with van der Waals surface area (Å²) in [6, 6.07) is 3.78. The highest BCUT2D eigenvalue weighted by molar-refractivity contribution is 14.0. The smallest absolute Gasteiger partial charge is 0.191 e. The SMILES string of the molecule is CCCCC(CC)CN=C(NCCc1ccco1)NC1CCS(=O)(=O)C1.I. The van der Waals surface area contributed by atoms with E-state index in [2.05, 4.69) is 24.5 Å². The van der Waals surface area contributed by atoms with Crippen LogP contribution in [0.5, 0.6) is 0 Å². The lowest BCUT2D eigenvalue weighted by Crippen LogP contribution is -2.45. The molecule has 2 unspecified atom stereocenters. The molecule has 2 atom stereocenters. The summed E-state index contributed by atoms with van der Waals surface area (Å²) in [7, 11) is -2.91. The summed E-state index contributed by atoms with van der Waals surface area (Å²) in [4.78, 5) is 4.75. The Morgan fingerprint density at radius 2 is 2.22 bits per heavy atom. The lowest BCUT2D eigenvalue weighted by molar-refractivity contribution is 0.460. The number of furan rings is 1. The average molecular weight is 511 g/mol. The van der Waals surface area contributed by atoms with E-state index in [4.69, 9.17) is 9.41 Å². The van der Waals surface area contributed by atoms with Gasteiger partial charge in [0.1, 0.15) is 5.76 Å². The Morgan fingerprint density at radius 1 is 1.41 bits per heavy atom. The summed E-state index contributed by atoms with van der Waals surface area (Å²) < 4.78 is 28.8. The number of nitrogens with one attached hydrogen (secondary N) is 2. The summed E-state index contributed by atoms with van der Waals surface area (Å²) >= 11 is 0. The molecule has 0 aromatic carbocycles. The summed E-state index contributed by atoms with van der Waals surface area (Å²) in [6.45, 7) is 5.88. The van der Waals surface area contributed by atoms with Crippen LogP contribution in [0.25, 0.3) is 0 Å². The van der Waals surface area contributed by atoms with E-state index >= 15 is 0 Å². The largest absolute Gasteiger partial charge is 0.469 e. The minimum Gasteiger partial charge on any atom is -0.469 e. The number of halogens is 1. The first-order valence-corrected chi connectivity index (χ1v) is 11.6. The molecule has 156 valence electrons. The highest BCUT2D eigenvalue weighted by Gasteiger charge is 2.28. The van der Waals surface area contributed by atoms with Crippen LogP contribution in [0.1, 0.15) is 51.7 Å². The highest BCUT2D eigenvalue weighted by Crippen LogP contribution is 2.14. The van der Waals surface area contributed by atoms with Crippen molar-refractivity contribution in [3.8, 4) is 0 Å². The standard InChI is InChI=1S/C19H33N3O3S.HI/c1-3-5-7-16(4-2)14-21-19(20-11-9-18-8-6-12-25-18)22-17-10-13-26(23,24)15-17;/h6,8,12,16-17H,3-5,7,9-11,13-15H2,1-2H3,(H2,20,21,22);1H. The lowest BCUT2D eigenvalue weighted by atomic mass is 10.00. The van der Waals surface area contributed by atoms with Gasteiger partial charge in [-0.1, -0.05) is 33.1 Å². The van der Waals surface area contributed by atoms with Crippen molar-refractivity contribution in [3.05, 3.63) is 24.2 Å². The van der Waals surface area contributed by atoms with Crippen molar-refractivity contribution in [1.29, 1.82) is 0 Å². The quantitative estimate of drug-likeness (QED) is 0.286. The van der Waals surface area contributed by atoms with Crippen molar-refractivity contribution < 1.29 is 12.8 Å². The molecule has 27 heavy (non-hydrogen) atoms. The summed E-state index contributed by atoms with van der Waals surface area (Å²) in [5.41, 5.74) is 0. The monoisotopic (exact) mass is 511 g/mol. The molecule has 8 heteroatoms. The molecule has 1 aromatic heterocycles. The molecule has 0 spiro atoms. The van der Waals surface area contributed by atoms with Crippen LogP contribution in [0.2, 0.25) is 0 Å². The number of nitrogens with zero attached hydrogens (tertiary/aromatic N) is 1. The summed E-state index contributed by atoms with van der Waals surface area (Å²) in [5, 5.41) is 6.65. The van der Waals surface area contributed by atoms with Crippen molar-refractivity contribution in [2.75, 3.05) is 24.6 Å². The molecular formula is C19H34IN3O3S. The molecule has 0 amide bonds. The molecule has 0 saturated carbocycles. The molecule has 0 bridgehead atoms. The van der Waals surface area contributed by atoms with Gasteiger partial charge < -0.3 is 15.1 Å². The third kappa shape index (κ3) is 9.32. The maximum absolute atomic E-state index is 11.7. The molecule has 0 radical (unpaired) electrons. The third-order valence-corrected chi connectivity index (χ3v) is 6.64. The molecule has 6 nitrogen and oxygen atoms in total. The number of unbranched alkanes of at least 4 members (excludes halogenated alkanes) is 1. The fourth-order valence-corrected chi connectivity index (χ4v) is 4.82. The van der Waals surface area contributed by atoms with E-state index in [-0.39, 0.29) is 41.5 Å². The maximum Gasteiger partial charge on any atom is 0.191 e. The van der Waals surface area contributed by atoms with Crippen LogP contribution in [-0.4, -0.2) is 45.0 Å². The maximum atomic E-state index is 11.7. The second-order valence-electron chi connectivity index (χ2n) is 7.11. The zero-order valence-electron chi connectivity index (χ0n) is 16.4. The van der Waals surface area contributed by atoms with Gasteiger partial charge in [-0.05, 0) is 30.9 Å². The molecule has 1 fully saturated rings. The van der Waals surface area contributed by atoms with E-state index in [0.717, 1.165) is 25.1 Å². The Balaban J connectivity index is 0.00000364. The van der Waals surface area contributed by atoms with E-state index in [0.29, 0.717) is 24.8 Å². The van der Waals surface area contributed by atoms with Crippen LogP contribution in [0.15, 0.2) is 27.8 Å². The van der Waals surface area contributed by atoms with E-state index < -0.39 is 9.84 Å². The molecular weight excluding hydrogens is 477 g/mol. The first-order valence-electron chi connectivity index (χ1n) is 9.80. The van der Waals surface area contributed by atoms with Gasteiger partial charge in [-0.15, -0.1) is 24.0 Å². The van der Waals surface area contributed by atoms with Crippen LogP contribution in [0.3, 0.4) is 0 Å². The van der Waals surface area contributed by atoms with E-state index in [1.165, 1.54) is 19.3 Å². The average Bonchev–Trinajstić information content (AvgIpc) is 3.24. The van der Waals surface area contributed by atoms with Gasteiger partial charge in [0, 0.05) is 25.6 Å². The summed E-state index contributed by atoms with van der Waals surface area (Å²) in [6.07, 6.45) is 7.81. The Bertz CT molecular complexity index is 647. The fourth-order valence-electron chi connectivity index (χ4n) is 3.15. The second-order valence-corrected chi connectivity index (χ2v) is 9.33. The molecule has 2 N–H and O–H groups in total. The number of guanidine groups is 1. The number of hydrogen-bond donors (Lipinski definition) is 2. The van der Waals surface area contributed by atoms with Gasteiger partial charge in [0.15, 0.2) is 15.8 Å². The van der Waals surface area contributed by atoms with E-state index in [1.54, 1.807) is 6.26 Å². The predicted molar refractivity (Wildman–Crippen MR) is 122 cm³/mol. The van der Waals surface area contributed by atoms with Gasteiger partial charge in [0.25, 0.3) is 0 Å². The Hall–Kier alpha value is -0.770. The van der Waals surface area contributed by atoms with Crippen molar-refractivity contribution in [1.82, 2.24) is 10.6 Å². The van der Waals surface area contributed by atoms with Crippen LogP contribution in [-0.2, 0) is 16.3 Å². The molecule has 1 aromatic rings. The normalized spacial score (nSPS) is 20.1. The predicted octanol–water partition coefficient (Wildman–Crippen LogP) is 3.38. The van der Waals surface area contributed by atoms with Crippen LogP contribution >= 0.6 is 24.0 Å². The highest BCUT2D eigenvalue weighted by atomic mass is 127. The van der Waals surface area contributed by atoms with Gasteiger partial charge in [-0.2, -0.15) is 0 Å². The minimum absolute atomic E-state index is 0. The molecule has 2 rings (SSSR count). The molecule has 1 saturated heterocycles. The Kier molecular flexibility index (Phi) is 11.4. The van der Waals surface area contributed by atoms with Crippen LogP contribution in [0, 0.1) is 5.92 Å². The van der Waals surface area contributed by atoms with Crippen LogP contribution in [0.4, 0.5) is 0 Å². The number of rotatable bonds is 10. The number of sulfone groups is 1. The van der Waals surface area contributed by atoms with Crippen LogP contribution < -0.4 is 10.6 Å². The summed E-state index contributed by atoms with van der Waals surface area (Å²) in [5.74, 6) is 2.67. The molecule has 1 aliphatic rings. The van der Waals surface area contributed by atoms with Gasteiger partial charge in [0.05, 0.1) is 17.8 Å².